The van der Waals surface area contributed by atoms with Crippen LogP contribution in [0.5, 0.6) is 5.75 Å². The summed E-state index contributed by atoms with van der Waals surface area (Å²) < 4.78 is 12.6. The van der Waals surface area contributed by atoms with Crippen LogP contribution in [-0.4, -0.2) is 60.9 Å². The fourth-order valence-corrected chi connectivity index (χ4v) is 3.96. The number of aromatic nitrogens is 4. The van der Waals surface area contributed by atoms with E-state index in [1.54, 1.807) is 11.7 Å². The van der Waals surface area contributed by atoms with Gasteiger partial charge in [-0.25, -0.2) is 15.0 Å². The molecule has 2 aromatic heterocycles. The van der Waals surface area contributed by atoms with E-state index in [4.69, 9.17) is 15.2 Å². The maximum absolute atomic E-state index is 10.5. The lowest BCUT2D eigenvalue weighted by Gasteiger charge is -2.16. The first-order valence-corrected chi connectivity index (χ1v) is 9.28. The molecule has 3 aromatic rings. The summed E-state index contributed by atoms with van der Waals surface area (Å²) in [5.41, 5.74) is 6.67. The van der Waals surface area contributed by atoms with Crippen molar-refractivity contribution in [3.63, 3.8) is 0 Å². The molecule has 27 heavy (non-hydrogen) atoms. The highest BCUT2D eigenvalue weighted by molar-refractivity contribution is 7.99. The average Bonchev–Trinajstić information content (AvgIpc) is 3.23. The number of anilines is 1. The molecule has 4 N–H and O–H groups in total. The highest BCUT2D eigenvalue weighted by Gasteiger charge is 2.44. The molecular weight excluding hydrogens is 370 g/mol. The minimum atomic E-state index is -1.11. The highest BCUT2D eigenvalue weighted by Crippen LogP contribution is 2.34. The molecule has 0 spiro atoms. The van der Waals surface area contributed by atoms with Crippen LogP contribution in [0, 0.1) is 0 Å². The lowest BCUT2D eigenvalue weighted by atomic mass is 10.1. The summed E-state index contributed by atoms with van der Waals surface area (Å²) in [4.78, 5) is 13.3. The first-order valence-electron chi connectivity index (χ1n) is 8.30. The van der Waals surface area contributed by atoms with Crippen molar-refractivity contribution in [3.8, 4) is 5.75 Å². The second-order valence-electron chi connectivity index (χ2n) is 6.12. The number of fused-ring (bicyclic) bond motifs is 1. The maximum atomic E-state index is 10.5. The Morgan fingerprint density at radius 3 is 2.70 bits per heavy atom. The quantitative estimate of drug-likeness (QED) is 0.543. The van der Waals surface area contributed by atoms with Gasteiger partial charge < -0.3 is 25.4 Å². The smallest absolute Gasteiger partial charge is 0.167 e. The Labute approximate surface area is 159 Å². The first-order chi connectivity index (χ1) is 13.1. The molecule has 1 aliphatic rings. The number of ether oxygens (including phenoxy) is 2. The van der Waals surface area contributed by atoms with Gasteiger partial charge >= 0.3 is 0 Å². The number of nitrogens with two attached hydrogens (primary N) is 1. The number of hydrogen-bond donors (Lipinski definition) is 3. The van der Waals surface area contributed by atoms with Gasteiger partial charge in [0, 0.05) is 10.6 Å². The largest absolute Gasteiger partial charge is 0.497 e. The zero-order chi connectivity index (χ0) is 19.0. The maximum Gasteiger partial charge on any atom is 0.167 e. The summed E-state index contributed by atoms with van der Waals surface area (Å²) in [6.45, 7) is 0. The van der Waals surface area contributed by atoms with Gasteiger partial charge in [-0.05, 0) is 24.3 Å². The van der Waals surface area contributed by atoms with Crippen LogP contribution in [0.15, 0.2) is 41.8 Å². The van der Waals surface area contributed by atoms with Crippen LogP contribution in [-0.2, 0) is 4.74 Å². The van der Waals surface area contributed by atoms with Crippen LogP contribution in [0.1, 0.15) is 6.23 Å². The van der Waals surface area contributed by atoms with Gasteiger partial charge in [0.2, 0.25) is 0 Å². The SMILES string of the molecule is COc1ccc(SC[C@H]2O[C@@H](n3cnc4c(N)ncnc43)[C@H](O)[C@H]2O)cc1. The molecule has 142 valence electrons. The van der Waals surface area contributed by atoms with Crippen molar-refractivity contribution in [1.82, 2.24) is 19.5 Å². The van der Waals surface area contributed by atoms with Crippen LogP contribution in [0.2, 0.25) is 0 Å². The predicted molar refractivity (Wildman–Crippen MR) is 99.4 cm³/mol. The van der Waals surface area contributed by atoms with Gasteiger partial charge in [0.1, 0.15) is 29.8 Å². The van der Waals surface area contributed by atoms with Gasteiger partial charge in [-0.1, -0.05) is 0 Å². The number of benzene rings is 1. The minimum Gasteiger partial charge on any atom is -0.497 e. The normalized spacial score (nSPS) is 25.1. The molecular formula is C17H19N5O4S. The fraction of sp³-hybridized carbons (Fsp3) is 0.353. The number of nitrogens with zero attached hydrogens (tertiary/aromatic N) is 4. The molecule has 1 fully saturated rings. The molecule has 3 heterocycles. The predicted octanol–water partition coefficient (Wildman–Crippen LogP) is 0.829. The Morgan fingerprint density at radius 1 is 1.19 bits per heavy atom. The summed E-state index contributed by atoms with van der Waals surface area (Å²) in [7, 11) is 1.62. The van der Waals surface area contributed by atoms with Crippen molar-refractivity contribution < 1.29 is 19.7 Å². The molecule has 4 atom stereocenters. The Balaban J connectivity index is 1.49. The summed E-state index contributed by atoms with van der Waals surface area (Å²) in [5, 5.41) is 20.9. The monoisotopic (exact) mass is 389 g/mol. The third-order valence-corrected chi connectivity index (χ3v) is 5.57. The zero-order valence-electron chi connectivity index (χ0n) is 14.5. The van der Waals surface area contributed by atoms with Crippen LogP contribution in [0.4, 0.5) is 5.82 Å². The van der Waals surface area contributed by atoms with E-state index in [-0.39, 0.29) is 5.82 Å². The molecule has 1 aliphatic heterocycles. The van der Waals surface area contributed by atoms with Gasteiger partial charge in [-0.15, -0.1) is 11.8 Å². The number of aliphatic hydroxyl groups is 2. The lowest BCUT2D eigenvalue weighted by molar-refractivity contribution is -0.0289. The van der Waals surface area contributed by atoms with Crippen LogP contribution >= 0.6 is 11.8 Å². The van der Waals surface area contributed by atoms with Crippen molar-refractivity contribution in [2.75, 3.05) is 18.6 Å². The third kappa shape index (κ3) is 3.32. The Bertz CT molecular complexity index is 935. The number of thioether (sulfide) groups is 1. The second kappa shape index (κ2) is 7.31. The Hall–Kier alpha value is -2.40. The molecule has 0 amide bonds. The lowest BCUT2D eigenvalue weighted by Crippen LogP contribution is -2.32. The van der Waals surface area contributed by atoms with Crippen molar-refractivity contribution in [1.29, 1.82) is 0 Å². The molecule has 0 radical (unpaired) electrons. The van der Waals surface area contributed by atoms with E-state index < -0.39 is 24.5 Å². The van der Waals surface area contributed by atoms with Crippen LogP contribution < -0.4 is 10.5 Å². The zero-order valence-corrected chi connectivity index (χ0v) is 15.3. The molecule has 0 bridgehead atoms. The standard InChI is InChI=1S/C17H19N5O4S/c1-25-9-2-4-10(5-3-9)27-6-11-13(23)14(24)17(26-11)22-8-21-12-15(18)19-7-20-16(12)22/h2-5,7-8,11,13-14,17,23-24H,6H2,1H3,(H2,18,19,20)/t11-,13+,14-,17-/m1/s1. The van der Waals surface area contributed by atoms with Gasteiger partial charge in [0.15, 0.2) is 17.7 Å². The van der Waals surface area contributed by atoms with Gasteiger partial charge in [0.25, 0.3) is 0 Å². The molecule has 0 unspecified atom stereocenters. The topological polar surface area (TPSA) is 129 Å². The van der Waals surface area contributed by atoms with E-state index in [1.807, 2.05) is 24.3 Å². The Morgan fingerprint density at radius 2 is 1.96 bits per heavy atom. The van der Waals surface area contributed by atoms with Gasteiger partial charge in [0.05, 0.1) is 19.5 Å². The van der Waals surface area contributed by atoms with Crippen LogP contribution in [0.25, 0.3) is 11.2 Å². The summed E-state index contributed by atoms with van der Waals surface area (Å²) in [6.07, 6.45) is -0.688. The summed E-state index contributed by atoms with van der Waals surface area (Å²) in [6, 6.07) is 7.60. The first kappa shape index (κ1) is 18.0. The second-order valence-corrected chi connectivity index (χ2v) is 7.21. The van der Waals surface area contributed by atoms with Crippen molar-refractivity contribution in [2.45, 2.75) is 29.4 Å². The number of hydrogen-bond acceptors (Lipinski definition) is 9. The summed E-state index contributed by atoms with van der Waals surface area (Å²) in [5.74, 6) is 1.50. The van der Waals surface area contributed by atoms with E-state index in [0.29, 0.717) is 16.9 Å². The van der Waals surface area contributed by atoms with E-state index >= 15 is 0 Å². The van der Waals surface area contributed by atoms with Crippen molar-refractivity contribution in [3.05, 3.63) is 36.9 Å². The number of imidazole rings is 1. The van der Waals surface area contributed by atoms with Crippen LogP contribution in [0.3, 0.4) is 0 Å². The Kier molecular flexibility index (Phi) is 4.87. The average molecular weight is 389 g/mol. The number of nitrogen functional groups attached to an aromatic ring is 1. The minimum absolute atomic E-state index is 0.249. The molecule has 4 rings (SSSR count). The molecule has 0 aliphatic carbocycles. The van der Waals surface area contributed by atoms with E-state index in [9.17, 15) is 10.2 Å². The number of methoxy groups -OCH3 is 1. The van der Waals surface area contributed by atoms with Crippen molar-refractivity contribution in [2.24, 2.45) is 0 Å². The molecule has 9 nitrogen and oxygen atoms in total. The fourth-order valence-electron chi connectivity index (χ4n) is 3.00. The molecule has 0 saturated carbocycles. The molecule has 10 heteroatoms. The third-order valence-electron chi connectivity index (χ3n) is 4.47. The van der Waals surface area contributed by atoms with E-state index in [2.05, 4.69) is 15.0 Å². The van der Waals surface area contributed by atoms with Gasteiger partial charge in [-0.2, -0.15) is 0 Å². The van der Waals surface area contributed by atoms with E-state index in [0.717, 1.165) is 10.6 Å². The number of rotatable bonds is 5. The summed E-state index contributed by atoms with van der Waals surface area (Å²) >= 11 is 1.53. The molecule has 1 saturated heterocycles. The number of aliphatic hydroxyl groups excluding tert-OH is 2. The van der Waals surface area contributed by atoms with Gasteiger partial charge in [-0.3, -0.25) is 4.57 Å². The van der Waals surface area contributed by atoms with E-state index in [1.165, 1.54) is 24.4 Å². The molecule has 1 aromatic carbocycles. The van der Waals surface area contributed by atoms with Crippen molar-refractivity contribution >= 4 is 28.7 Å². The highest BCUT2D eigenvalue weighted by atomic mass is 32.2.